The van der Waals surface area contributed by atoms with Crippen molar-refractivity contribution in [1.29, 1.82) is 0 Å². The molecule has 7 nitrogen and oxygen atoms in total. The fraction of sp³-hybridized carbons (Fsp3) is 0.697. The molecule has 3 saturated carbocycles. The zero-order chi connectivity index (χ0) is 58.1. The molecule has 4 aromatic rings. The zero-order valence-electron chi connectivity index (χ0n) is 53.4. The first-order valence-electron chi connectivity index (χ1n) is 34.8. The van der Waals surface area contributed by atoms with Gasteiger partial charge in [0.15, 0.2) is 5.58 Å². The smallest absolute Gasteiger partial charge is 0.306 e. The summed E-state index contributed by atoms with van der Waals surface area (Å²) >= 11 is 0. The fourth-order valence-corrected chi connectivity index (χ4v) is 16.1. The standard InChI is InChI=1S/C76H114N2O5/c1-7-8-9-10-11-12-13-14-15-16-17-18-20-23-27-30-54-81-65-44-48-71-72(56-65)83-74(78-71)61-37-40-63(41-38-61)77-57-60-35-42-64(43-36-60)80-53-29-26-24-21-19-22-25-28-34-73(79)82-66-49-51-75(5)62(55-66)39-45-67-69-47-46-68(59(4)33-31-32-58(2)3)76(69,6)52-50-70(67)75/h35-44,48,56-59,66-70H,7-34,45-47,49-55H2,1-6H3/t59-,66?,67+,68-,69+,70+,75+,76-/m1/s1. The van der Waals surface area contributed by atoms with Crippen LogP contribution in [0.25, 0.3) is 22.6 Å². The van der Waals surface area contributed by atoms with Crippen LogP contribution in [0.3, 0.4) is 0 Å². The van der Waals surface area contributed by atoms with E-state index in [0.29, 0.717) is 23.1 Å². The topological polar surface area (TPSA) is 83.2 Å². The van der Waals surface area contributed by atoms with Gasteiger partial charge in [-0.05, 0) is 177 Å². The molecule has 8 rings (SSSR count). The van der Waals surface area contributed by atoms with Gasteiger partial charge in [-0.2, -0.15) is 0 Å². The van der Waals surface area contributed by atoms with E-state index >= 15 is 0 Å². The number of esters is 1. The lowest BCUT2D eigenvalue weighted by Gasteiger charge is -2.58. The third-order valence-corrected chi connectivity index (χ3v) is 21.1. The number of oxazole rings is 1. The van der Waals surface area contributed by atoms with Gasteiger partial charge in [0, 0.05) is 30.7 Å². The largest absolute Gasteiger partial charge is 0.494 e. The van der Waals surface area contributed by atoms with Gasteiger partial charge >= 0.3 is 5.97 Å². The number of fused-ring (bicyclic) bond motifs is 6. The number of ether oxygens (including phenoxy) is 3. The van der Waals surface area contributed by atoms with Crippen LogP contribution in [0.2, 0.25) is 0 Å². The van der Waals surface area contributed by atoms with E-state index in [0.717, 1.165) is 127 Å². The lowest BCUT2D eigenvalue weighted by Crippen LogP contribution is -2.51. The van der Waals surface area contributed by atoms with Crippen molar-refractivity contribution in [1.82, 2.24) is 4.98 Å². The summed E-state index contributed by atoms with van der Waals surface area (Å²) in [5, 5.41) is 0. The highest BCUT2D eigenvalue weighted by atomic mass is 16.5. The van der Waals surface area contributed by atoms with Gasteiger partial charge in [0.1, 0.15) is 23.1 Å². The molecule has 0 radical (unpaired) electrons. The van der Waals surface area contributed by atoms with E-state index in [-0.39, 0.29) is 12.1 Å². The van der Waals surface area contributed by atoms with E-state index in [4.69, 9.17) is 28.6 Å². The van der Waals surface area contributed by atoms with Crippen molar-refractivity contribution < 1.29 is 23.4 Å². The van der Waals surface area contributed by atoms with E-state index in [2.05, 4.69) is 59.8 Å². The first kappa shape index (κ1) is 64.6. The quantitative estimate of drug-likeness (QED) is 0.0192. The Bertz CT molecular complexity index is 2540. The number of nitrogens with zero attached hydrogens (tertiary/aromatic N) is 2. The molecule has 1 unspecified atom stereocenters. The number of carbonyl (C=O) groups is 1. The molecule has 4 aliphatic rings. The molecule has 0 bridgehead atoms. The summed E-state index contributed by atoms with van der Waals surface area (Å²) in [6, 6.07) is 22.1. The number of carbonyl (C=O) groups excluding carboxylic acids is 1. The Morgan fingerprint density at radius 1 is 0.651 bits per heavy atom. The molecule has 1 aromatic heterocycles. The summed E-state index contributed by atoms with van der Waals surface area (Å²) < 4.78 is 24.6. The number of rotatable bonds is 39. The summed E-state index contributed by atoms with van der Waals surface area (Å²) in [5.41, 5.74) is 6.83. The maximum Gasteiger partial charge on any atom is 0.306 e. The highest BCUT2D eigenvalue weighted by Crippen LogP contribution is 2.67. The first-order chi connectivity index (χ1) is 40.5. The Kier molecular flexibility index (Phi) is 26.5. The third-order valence-electron chi connectivity index (χ3n) is 21.1. The Hall–Kier alpha value is -4.39. The summed E-state index contributed by atoms with van der Waals surface area (Å²) in [6.07, 6.45) is 50.6. The average Bonchev–Trinajstić information content (AvgIpc) is 4.33. The number of allylic oxidation sites excluding steroid dienone is 1. The molecule has 0 amide bonds. The van der Waals surface area contributed by atoms with Crippen LogP contribution in [0.1, 0.15) is 278 Å². The molecule has 83 heavy (non-hydrogen) atoms. The monoisotopic (exact) mass is 1130 g/mol. The minimum Gasteiger partial charge on any atom is -0.494 e. The Morgan fingerprint density at radius 2 is 1.25 bits per heavy atom. The Balaban J connectivity index is 0.619. The van der Waals surface area contributed by atoms with Gasteiger partial charge in [0.25, 0.3) is 0 Å². The molecule has 3 aromatic carbocycles. The predicted octanol–water partition coefficient (Wildman–Crippen LogP) is 22.7. The summed E-state index contributed by atoms with van der Waals surface area (Å²) in [5.74, 6) is 7.48. The number of aliphatic imine (C=N–C) groups is 1. The van der Waals surface area contributed by atoms with Crippen LogP contribution >= 0.6 is 0 Å². The number of benzene rings is 3. The fourth-order valence-electron chi connectivity index (χ4n) is 16.1. The average molecular weight is 1140 g/mol. The van der Waals surface area contributed by atoms with Crippen molar-refractivity contribution in [3.8, 4) is 23.0 Å². The molecule has 3 fully saturated rings. The van der Waals surface area contributed by atoms with Crippen molar-refractivity contribution >= 4 is 29.0 Å². The Morgan fingerprint density at radius 3 is 1.89 bits per heavy atom. The van der Waals surface area contributed by atoms with Gasteiger partial charge in [0.2, 0.25) is 5.89 Å². The number of unbranched alkanes of at least 4 members (excludes halogenated alkanes) is 22. The minimum absolute atomic E-state index is 0.0266. The van der Waals surface area contributed by atoms with Crippen molar-refractivity contribution in [3.05, 3.63) is 83.9 Å². The van der Waals surface area contributed by atoms with E-state index < -0.39 is 0 Å². The van der Waals surface area contributed by atoms with Gasteiger partial charge in [-0.1, -0.05) is 207 Å². The minimum atomic E-state index is 0.0266. The molecule has 4 aliphatic carbocycles. The lowest BCUT2D eigenvalue weighted by atomic mass is 9.47. The number of hydrogen-bond acceptors (Lipinski definition) is 7. The lowest BCUT2D eigenvalue weighted by molar-refractivity contribution is -0.151. The zero-order valence-corrected chi connectivity index (χ0v) is 53.4. The normalized spacial score (nSPS) is 23.5. The second kappa shape index (κ2) is 34.1. The van der Waals surface area contributed by atoms with Crippen molar-refractivity contribution in [2.45, 2.75) is 279 Å². The van der Waals surface area contributed by atoms with E-state index in [1.807, 2.05) is 60.8 Å². The molecule has 0 spiro atoms. The van der Waals surface area contributed by atoms with Gasteiger partial charge in [-0.25, -0.2) is 4.98 Å². The van der Waals surface area contributed by atoms with Crippen LogP contribution in [0, 0.1) is 46.3 Å². The molecular weight excluding hydrogens is 1020 g/mol. The van der Waals surface area contributed by atoms with Gasteiger partial charge in [-0.3, -0.25) is 9.79 Å². The van der Waals surface area contributed by atoms with Crippen LogP contribution in [0.5, 0.6) is 11.5 Å². The van der Waals surface area contributed by atoms with Crippen LogP contribution in [-0.2, 0) is 9.53 Å². The molecular formula is C76H114N2O5. The van der Waals surface area contributed by atoms with Crippen LogP contribution < -0.4 is 9.47 Å². The molecule has 0 saturated heterocycles. The second-order valence-corrected chi connectivity index (χ2v) is 27.7. The molecule has 458 valence electrons. The van der Waals surface area contributed by atoms with Crippen molar-refractivity contribution in [2.24, 2.45) is 51.3 Å². The van der Waals surface area contributed by atoms with Gasteiger partial charge < -0.3 is 18.6 Å². The van der Waals surface area contributed by atoms with Crippen molar-refractivity contribution in [2.75, 3.05) is 13.2 Å². The maximum atomic E-state index is 13.0. The summed E-state index contributed by atoms with van der Waals surface area (Å²) in [4.78, 5) is 22.5. The second-order valence-electron chi connectivity index (χ2n) is 27.7. The highest BCUT2D eigenvalue weighted by molar-refractivity contribution is 5.82. The van der Waals surface area contributed by atoms with Crippen LogP contribution in [0.15, 0.2) is 87.8 Å². The van der Waals surface area contributed by atoms with Crippen LogP contribution in [-0.4, -0.2) is 36.5 Å². The molecule has 0 N–H and O–H groups in total. The first-order valence-corrected chi connectivity index (χ1v) is 34.8. The summed E-state index contributed by atoms with van der Waals surface area (Å²) in [6.45, 7) is 16.4. The van der Waals surface area contributed by atoms with Gasteiger partial charge in [-0.15, -0.1) is 0 Å². The Labute approximate surface area is 505 Å². The number of hydrogen-bond donors (Lipinski definition) is 0. The van der Waals surface area contributed by atoms with Crippen LogP contribution in [0.4, 0.5) is 5.69 Å². The molecule has 8 atom stereocenters. The van der Waals surface area contributed by atoms with E-state index in [1.165, 1.54) is 186 Å². The summed E-state index contributed by atoms with van der Waals surface area (Å²) in [7, 11) is 0. The molecule has 7 heteroatoms. The van der Waals surface area contributed by atoms with E-state index in [1.54, 1.807) is 5.57 Å². The third kappa shape index (κ3) is 19.6. The highest BCUT2D eigenvalue weighted by Gasteiger charge is 2.59. The predicted molar refractivity (Wildman–Crippen MR) is 348 cm³/mol. The van der Waals surface area contributed by atoms with E-state index in [9.17, 15) is 4.79 Å². The van der Waals surface area contributed by atoms with Crippen molar-refractivity contribution in [3.63, 3.8) is 0 Å². The molecule has 0 aliphatic heterocycles. The number of aromatic nitrogens is 1. The maximum absolute atomic E-state index is 13.0. The molecule has 1 heterocycles. The van der Waals surface area contributed by atoms with Gasteiger partial charge in [0.05, 0.1) is 18.9 Å². The SMILES string of the molecule is CCCCCCCCCCCCCCCCCCOc1ccc2nc(-c3ccc(N=Cc4ccc(OCCCCCCCCCCC(=O)OC5CC[C@@]6(C)C(=CC[C@H]7[C@@H]8CC[C@H]([C@H](C)CCCC(C)C)[C@@]8(C)CC[C@@H]76)C5)cc4)cc3)oc2c1.